The van der Waals surface area contributed by atoms with Crippen LogP contribution in [0.1, 0.15) is 46.0 Å². The molecule has 0 aromatic carbocycles. The lowest BCUT2D eigenvalue weighted by molar-refractivity contribution is 0.0455. The third-order valence-corrected chi connectivity index (χ3v) is 4.03. The van der Waals surface area contributed by atoms with E-state index in [-0.39, 0.29) is 18.6 Å². The van der Waals surface area contributed by atoms with Crippen LogP contribution in [0.4, 0.5) is 0 Å². The molecule has 0 bridgehead atoms. The fourth-order valence-electron chi connectivity index (χ4n) is 2.42. The lowest BCUT2D eigenvalue weighted by Crippen LogP contribution is -2.45. The maximum Gasteiger partial charge on any atom is 0.0586 e. The molecule has 0 saturated carbocycles. The third-order valence-electron chi connectivity index (χ3n) is 4.03. The van der Waals surface area contributed by atoms with E-state index in [0.717, 1.165) is 25.9 Å². The van der Waals surface area contributed by atoms with Crippen molar-refractivity contribution in [3.63, 3.8) is 0 Å². The molecule has 1 rings (SSSR count). The van der Waals surface area contributed by atoms with E-state index in [4.69, 9.17) is 0 Å². The molecule has 0 aromatic heterocycles. The molecule has 0 aliphatic carbocycles. The van der Waals surface area contributed by atoms with Crippen LogP contribution < -0.4 is 0 Å². The number of rotatable bonds is 5. The van der Waals surface area contributed by atoms with E-state index in [1.807, 2.05) is 0 Å². The fourth-order valence-corrected chi connectivity index (χ4v) is 2.42. The number of likely N-dealkylation sites (tertiary alicyclic amines) is 1. The Kier molecular flexibility index (Phi) is 5.73. The first-order chi connectivity index (χ1) is 7.65. The second kappa shape index (κ2) is 6.58. The maximum absolute atomic E-state index is 9.46. The zero-order valence-corrected chi connectivity index (χ0v) is 10.8. The first-order valence-electron chi connectivity index (χ1n) is 6.61. The van der Waals surface area contributed by atoms with E-state index in [1.54, 1.807) is 0 Å². The second-order valence-electron chi connectivity index (χ2n) is 5.48. The Hall–Kier alpha value is -0.120. The molecule has 2 atom stereocenters. The highest BCUT2D eigenvalue weighted by molar-refractivity contribution is 4.82. The van der Waals surface area contributed by atoms with Crippen molar-refractivity contribution in [3.8, 4) is 0 Å². The first kappa shape index (κ1) is 13.9. The van der Waals surface area contributed by atoms with Crippen LogP contribution in [0, 0.1) is 5.41 Å². The van der Waals surface area contributed by atoms with E-state index in [9.17, 15) is 10.2 Å². The molecule has 1 aliphatic rings. The fraction of sp³-hybridized carbons (Fsp3) is 1.00. The zero-order valence-electron chi connectivity index (χ0n) is 10.8. The lowest BCUT2D eigenvalue weighted by atomic mass is 9.87. The molecule has 3 heteroatoms. The minimum absolute atomic E-state index is 0.0161. The van der Waals surface area contributed by atoms with Crippen LogP contribution >= 0.6 is 0 Å². The molecule has 1 aliphatic heterocycles. The van der Waals surface area contributed by atoms with Crippen molar-refractivity contribution in [2.45, 2.75) is 52.0 Å². The number of hydrogen-bond donors (Lipinski definition) is 2. The van der Waals surface area contributed by atoms with Gasteiger partial charge in [-0.05, 0) is 25.8 Å². The molecule has 1 saturated heterocycles. The van der Waals surface area contributed by atoms with E-state index in [0.29, 0.717) is 6.04 Å². The number of aliphatic hydroxyl groups is 2. The van der Waals surface area contributed by atoms with Crippen LogP contribution in [-0.4, -0.2) is 47.5 Å². The minimum atomic E-state index is -0.0161. The molecular weight excluding hydrogens is 202 g/mol. The van der Waals surface area contributed by atoms with Gasteiger partial charge in [0.15, 0.2) is 0 Å². The predicted octanol–water partition coefficient (Wildman–Crippen LogP) is 1.63. The van der Waals surface area contributed by atoms with Gasteiger partial charge in [-0.25, -0.2) is 0 Å². The zero-order chi connectivity index (χ0) is 12.0. The summed E-state index contributed by atoms with van der Waals surface area (Å²) in [4.78, 5) is 2.38. The van der Waals surface area contributed by atoms with Gasteiger partial charge in [-0.1, -0.05) is 26.7 Å². The summed E-state index contributed by atoms with van der Waals surface area (Å²) in [5.74, 6) is 0. The monoisotopic (exact) mass is 229 g/mol. The van der Waals surface area contributed by atoms with Gasteiger partial charge in [-0.3, -0.25) is 4.90 Å². The molecule has 0 amide bonds. The summed E-state index contributed by atoms with van der Waals surface area (Å²) in [5, 5.41) is 18.9. The van der Waals surface area contributed by atoms with Gasteiger partial charge in [-0.15, -0.1) is 0 Å². The highest BCUT2D eigenvalue weighted by Crippen LogP contribution is 2.25. The van der Waals surface area contributed by atoms with Gasteiger partial charge in [-0.2, -0.15) is 0 Å². The van der Waals surface area contributed by atoms with Crippen molar-refractivity contribution in [1.82, 2.24) is 4.90 Å². The molecular formula is C13H27NO2. The summed E-state index contributed by atoms with van der Waals surface area (Å²) in [6.07, 6.45) is 5.81. The standard InChI is InChI=1S/C13H27NO2/c1-3-13(2,11-16)10-14-8-6-4-5-7-12(14)9-15/h12,15-16H,3-11H2,1-2H3. The predicted molar refractivity (Wildman–Crippen MR) is 66.4 cm³/mol. The summed E-state index contributed by atoms with van der Waals surface area (Å²) in [7, 11) is 0. The van der Waals surface area contributed by atoms with Crippen molar-refractivity contribution in [2.24, 2.45) is 5.41 Å². The topological polar surface area (TPSA) is 43.7 Å². The van der Waals surface area contributed by atoms with Gasteiger partial charge >= 0.3 is 0 Å². The van der Waals surface area contributed by atoms with E-state index < -0.39 is 0 Å². The first-order valence-corrected chi connectivity index (χ1v) is 6.61. The van der Waals surface area contributed by atoms with Gasteiger partial charge in [0.25, 0.3) is 0 Å². The Bertz CT molecular complexity index is 192. The molecule has 0 aromatic rings. The summed E-state index contributed by atoms with van der Waals surface area (Å²) in [6, 6.07) is 0.305. The quantitative estimate of drug-likeness (QED) is 0.753. The Labute approximate surface area is 99.5 Å². The van der Waals surface area contributed by atoms with Crippen LogP contribution in [0.5, 0.6) is 0 Å². The Morgan fingerprint density at radius 1 is 1.25 bits per heavy atom. The van der Waals surface area contributed by atoms with E-state index >= 15 is 0 Å². The Morgan fingerprint density at radius 2 is 2.00 bits per heavy atom. The molecule has 2 N–H and O–H groups in total. The van der Waals surface area contributed by atoms with Crippen LogP contribution in [-0.2, 0) is 0 Å². The number of aliphatic hydroxyl groups excluding tert-OH is 2. The van der Waals surface area contributed by atoms with Crippen molar-refractivity contribution in [1.29, 1.82) is 0 Å². The number of nitrogens with zero attached hydrogens (tertiary/aromatic N) is 1. The summed E-state index contributed by atoms with van der Waals surface area (Å²) >= 11 is 0. The molecule has 1 fully saturated rings. The third kappa shape index (κ3) is 3.72. The number of hydrogen-bond acceptors (Lipinski definition) is 3. The Balaban J connectivity index is 2.60. The molecule has 1 heterocycles. The average molecular weight is 229 g/mol. The Morgan fingerprint density at radius 3 is 2.56 bits per heavy atom. The molecule has 96 valence electrons. The summed E-state index contributed by atoms with van der Waals surface area (Å²) in [6.45, 7) is 6.73. The average Bonchev–Trinajstić information content (AvgIpc) is 2.54. The van der Waals surface area contributed by atoms with Crippen LogP contribution in [0.15, 0.2) is 0 Å². The molecule has 0 radical (unpaired) electrons. The smallest absolute Gasteiger partial charge is 0.0586 e. The highest BCUT2D eigenvalue weighted by Gasteiger charge is 2.28. The van der Waals surface area contributed by atoms with Crippen LogP contribution in [0.2, 0.25) is 0 Å². The van der Waals surface area contributed by atoms with E-state index in [1.165, 1.54) is 19.3 Å². The summed E-state index contributed by atoms with van der Waals surface area (Å²) in [5.41, 5.74) is -0.0161. The maximum atomic E-state index is 9.46. The lowest BCUT2D eigenvalue weighted by Gasteiger charge is -2.36. The van der Waals surface area contributed by atoms with Gasteiger partial charge in [0, 0.05) is 24.6 Å². The SMILES string of the molecule is CCC(C)(CO)CN1CCCCCC1CO. The van der Waals surface area contributed by atoms with Gasteiger partial charge in [0.2, 0.25) is 0 Å². The molecule has 3 nitrogen and oxygen atoms in total. The largest absolute Gasteiger partial charge is 0.396 e. The van der Waals surface area contributed by atoms with Crippen molar-refractivity contribution < 1.29 is 10.2 Å². The molecule has 0 spiro atoms. The van der Waals surface area contributed by atoms with Crippen molar-refractivity contribution >= 4 is 0 Å². The molecule has 16 heavy (non-hydrogen) atoms. The van der Waals surface area contributed by atoms with E-state index in [2.05, 4.69) is 18.7 Å². The van der Waals surface area contributed by atoms with Crippen molar-refractivity contribution in [3.05, 3.63) is 0 Å². The van der Waals surface area contributed by atoms with Crippen LogP contribution in [0.25, 0.3) is 0 Å². The highest BCUT2D eigenvalue weighted by atomic mass is 16.3. The minimum Gasteiger partial charge on any atom is -0.396 e. The van der Waals surface area contributed by atoms with Crippen molar-refractivity contribution in [2.75, 3.05) is 26.3 Å². The second-order valence-corrected chi connectivity index (χ2v) is 5.48. The summed E-state index contributed by atoms with van der Waals surface area (Å²) < 4.78 is 0. The van der Waals surface area contributed by atoms with Gasteiger partial charge < -0.3 is 10.2 Å². The molecule has 2 unspecified atom stereocenters. The normalized spacial score (nSPS) is 27.4. The van der Waals surface area contributed by atoms with Gasteiger partial charge in [0.1, 0.15) is 0 Å². The van der Waals surface area contributed by atoms with Crippen LogP contribution in [0.3, 0.4) is 0 Å². The van der Waals surface area contributed by atoms with Gasteiger partial charge in [0.05, 0.1) is 6.61 Å².